The van der Waals surface area contributed by atoms with Crippen LogP contribution in [0.2, 0.25) is 0 Å². The standard InChI is InChI=1S/C12H11N5/c13-9-3-1-2-8(6-9)10-7-16-12-11(14)15-4-5-17(10)12/h1-7H,13H2,(H2,14,15). The van der Waals surface area contributed by atoms with Gasteiger partial charge >= 0.3 is 0 Å². The molecule has 4 N–H and O–H groups in total. The molecule has 2 aromatic heterocycles. The largest absolute Gasteiger partial charge is 0.399 e. The van der Waals surface area contributed by atoms with Gasteiger partial charge in [0.25, 0.3) is 0 Å². The first-order valence-corrected chi connectivity index (χ1v) is 5.19. The predicted molar refractivity (Wildman–Crippen MR) is 67.2 cm³/mol. The van der Waals surface area contributed by atoms with Gasteiger partial charge in [0, 0.05) is 23.6 Å². The first kappa shape index (κ1) is 9.65. The molecule has 3 rings (SSSR count). The Labute approximate surface area is 97.7 Å². The van der Waals surface area contributed by atoms with Crippen LogP contribution in [0, 0.1) is 0 Å². The maximum absolute atomic E-state index is 5.77. The number of nitrogen functional groups attached to an aromatic ring is 2. The highest BCUT2D eigenvalue weighted by molar-refractivity contribution is 5.70. The third-order valence-electron chi connectivity index (χ3n) is 2.64. The Balaban J connectivity index is 2.28. The van der Waals surface area contributed by atoms with E-state index in [-0.39, 0.29) is 0 Å². The summed E-state index contributed by atoms with van der Waals surface area (Å²) in [6.07, 6.45) is 5.25. The number of hydrogen-bond acceptors (Lipinski definition) is 4. The lowest BCUT2D eigenvalue weighted by molar-refractivity contribution is 1.14. The molecule has 0 unspecified atom stereocenters. The van der Waals surface area contributed by atoms with Crippen molar-refractivity contribution >= 4 is 17.2 Å². The molecular weight excluding hydrogens is 214 g/mol. The second-order valence-electron chi connectivity index (χ2n) is 3.77. The van der Waals surface area contributed by atoms with Gasteiger partial charge in [-0.2, -0.15) is 0 Å². The minimum atomic E-state index is 0.419. The Hall–Kier alpha value is -2.56. The number of benzene rings is 1. The van der Waals surface area contributed by atoms with Crippen LogP contribution in [0.15, 0.2) is 42.9 Å². The summed E-state index contributed by atoms with van der Waals surface area (Å²) in [4.78, 5) is 8.26. The lowest BCUT2D eigenvalue weighted by Crippen LogP contribution is -1.96. The molecule has 0 aliphatic heterocycles. The van der Waals surface area contributed by atoms with Gasteiger partial charge in [0.1, 0.15) is 0 Å². The van der Waals surface area contributed by atoms with Crippen LogP contribution < -0.4 is 11.5 Å². The maximum Gasteiger partial charge on any atom is 0.180 e. The van der Waals surface area contributed by atoms with Gasteiger partial charge in [-0.05, 0) is 12.1 Å². The van der Waals surface area contributed by atoms with Crippen LogP contribution in [0.1, 0.15) is 0 Å². The van der Waals surface area contributed by atoms with Crippen LogP contribution in [0.3, 0.4) is 0 Å². The summed E-state index contributed by atoms with van der Waals surface area (Å²) in [5.74, 6) is 0.419. The summed E-state index contributed by atoms with van der Waals surface area (Å²) in [6.45, 7) is 0. The summed E-state index contributed by atoms with van der Waals surface area (Å²) >= 11 is 0. The van der Waals surface area contributed by atoms with Gasteiger partial charge in [0.2, 0.25) is 0 Å². The molecule has 0 bridgehead atoms. The van der Waals surface area contributed by atoms with Crippen LogP contribution in [0.25, 0.3) is 16.9 Å². The van der Waals surface area contributed by atoms with Crippen molar-refractivity contribution in [1.29, 1.82) is 0 Å². The Morgan fingerprint density at radius 2 is 2.00 bits per heavy atom. The molecule has 84 valence electrons. The second-order valence-corrected chi connectivity index (χ2v) is 3.77. The minimum Gasteiger partial charge on any atom is -0.399 e. The van der Waals surface area contributed by atoms with Gasteiger partial charge in [0.15, 0.2) is 11.5 Å². The quantitative estimate of drug-likeness (QED) is 0.616. The smallest absolute Gasteiger partial charge is 0.180 e. The maximum atomic E-state index is 5.77. The first-order chi connectivity index (χ1) is 8.25. The van der Waals surface area contributed by atoms with Gasteiger partial charge in [-0.1, -0.05) is 12.1 Å². The molecule has 1 aromatic carbocycles. The Kier molecular flexibility index (Phi) is 1.98. The van der Waals surface area contributed by atoms with Crippen molar-refractivity contribution in [3.8, 4) is 11.3 Å². The molecule has 0 atom stereocenters. The third-order valence-corrected chi connectivity index (χ3v) is 2.64. The average Bonchev–Trinajstić information content (AvgIpc) is 2.74. The Morgan fingerprint density at radius 3 is 2.82 bits per heavy atom. The lowest BCUT2D eigenvalue weighted by atomic mass is 10.1. The highest BCUT2D eigenvalue weighted by Gasteiger charge is 2.08. The van der Waals surface area contributed by atoms with Crippen LogP contribution >= 0.6 is 0 Å². The highest BCUT2D eigenvalue weighted by atomic mass is 15.1. The average molecular weight is 225 g/mol. The van der Waals surface area contributed by atoms with Crippen LogP contribution in [0.5, 0.6) is 0 Å². The zero-order chi connectivity index (χ0) is 11.8. The molecule has 0 amide bonds. The molecule has 2 heterocycles. The molecule has 0 aliphatic rings. The zero-order valence-electron chi connectivity index (χ0n) is 9.04. The summed E-state index contributed by atoms with van der Waals surface area (Å²) in [7, 11) is 0. The number of anilines is 2. The predicted octanol–water partition coefficient (Wildman–Crippen LogP) is 1.56. The molecule has 0 spiro atoms. The second kappa shape index (κ2) is 3.48. The number of aromatic nitrogens is 3. The number of hydrogen-bond donors (Lipinski definition) is 2. The number of nitrogens with zero attached hydrogens (tertiary/aromatic N) is 3. The van der Waals surface area contributed by atoms with E-state index in [1.807, 2.05) is 34.9 Å². The fourth-order valence-corrected chi connectivity index (χ4v) is 1.85. The van der Waals surface area contributed by atoms with Crippen molar-refractivity contribution in [2.45, 2.75) is 0 Å². The van der Waals surface area contributed by atoms with E-state index >= 15 is 0 Å². The normalized spacial score (nSPS) is 10.8. The van der Waals surface area contributed by atoms with E-state index in [1.54, 1.807) is 12.4 Å². The highest BCUT2D eigenvalue weighted by Crippen LogP contribution is 2.23. The summed E-state index contributed by atoms with van der Waals surface area (Å²) in [5.41, 5.74) is 14.9. The van der Waals surface area contributed by atoms with Gasteiger partial charge in [-0.15, -0.1) is 0 Å². The lowest BCUT2D eigenvalue weighted by Gasteiger charge is -2.03. The monoisotopic (exact) mass is 225 g/mol. The molecule has 3 aromatic rings. The Morgan fingerprint density at radius 1 is 1.12 bits per heavy atom. The van der Waals surface area contributed by atoms with Gasteiger partial charge in [-0.25, -0.2) is 9.97 Å². The van der Waals surface area contributed by atoms with Gasteiger partial charge in [-0.3, -0.25) is 4.40 Å². The van der Waals surface area contributed by atoms with E-state index in [0.717, 1.165) is 16.9 Å². The van der Waals surface area contributed by atoms with E-state index in [9.17, 15) is 0 Å². The molecule has 5 heteroatoms. The van der Waals surface area contributed by atoms with Crippen molar-refractivity contribution in [2.75, 3.05) is 11.5 Å². The van der Waals surface area contributed by atoms with E-state index in [1.165, 1.54) is 0 Å². The van der Waals surface area contributed by atoms with Crippen molar-refractivity contribution in [3.63, 3.8) is 0 Å². The minimum absolute atomic E-state index is 0.419. The SMILES string of the molecule is Nc1cccc(-c2cnc3c(N)nccn23)c1. The van der Waals surface area contributed by atoms with E-state index in [2.05, 4.69) is 9.97 Å². The molecule has 0 radical (unpaired) electrons. The zero-order valence-corrected chi connectivity index (χ0v) is 9.04. The molecule has 17 heavy (non-hydrogen) atoms. The molecular formula is C12H11N5. The van der Waals surface area contributed by atoms with Crippen molar-refractivity contribution in [1.82, 2.24) is 14.4 Å². The summed E-state index contributed by atoms with van der Waals surface area (Å²) in [5, 5.41) is 0. The van der Waals surface area contributed by atoms with Crippen molar-refractivity contribution < 1.29 is 0 Å². The van der Waals surface area contributed by atoms with E-state index < -0.39 is 0 Å². The van der Waals surface area contributed by atoms with E-state index in [0.29, 0.717) is 11.5 Å². The van der Waals surface area contributed by atoms with Crippen molar-refractivity contribution in [3.05, 3.63) is 42.9 Å². The van der Waals surface area contributed by atoms with Crippen LogP contribution in [0.4, 0.5) is 11.5 Å². The number of fused-ring (bicyclic) bond motifs is 1. The molecule has 0 fully saturated rings. The number of imidazole rings is 1. The molecule has 0 aliphatic carbocycles. The summed E-state index contributed by atoms with van der Waals surface area (Å²) in [6, 6.07) is 7.65. The van der Waals surface area contributed by atoms with Gasteiger partial charge < -0.3 is 11.5 Å². The fraction of sp³-hybridized carbons (Fsp3) is 0. The van der Waals surface area contributed by atoms with E-state index in [4.69, 9.17) is 11.5 Å². The third kappa shape index (κ3) is 1.48. The van der Waals surface area contributed by atoms with Crippen LogP contribution in [-0.4, -0.2) is 14.4 Å². The Bertz CT molecular complexity index is 686. The molecule has 5 nitrogen and oxygen atoms in total. The first-order valence-electron chi connectivity index (χ1n) is 5.19. The fourth-order valence-electron chi connectivity index (χ4n) is 1.85. The van der Waals surface area contributed by atoms with Gasteiger partial charge in [0.05, 0.1) is 11.9 Å². The summed E-state index contributed by atoms with van der Waals surface area (Å²) < 4.78 is 1.90. The van der Waals surface area contributed by atoms with Crippen LogP contribution in [-0.2, 0) is 0 Å². The topological polar surface area (TPSA) is 82.2 Å². The number of rotatable bonds is 1. The van der Waals surface area contributed by atoms with Crippen molar-refractivity contribution in [2.24, 2.45) is 0 Å². The molecule has 0 saturated carbocycles. The number of nitrogens with two attached hydrogens (primary N) is 2. The molecule has 0 saturated heterocycles.